The number of hydrogen-bond acceptors (Lipinski definition) is 6. The van der Waals surface area contributed by atoms with Crippen LogP contribution in [0.2, 0.25) is 0 Å². The highest BCUT2D eigenvalue weighted by atomic mass is 16.1. The van der Waals surface area contributed by atoms with Gasteiger partial charge in [0.25, 0.3) is 0 Å². The van der Waals surface area contributed by atoms with Gasteiger partial charge >= 0.3 is 11.4 Å². The van der Waals surface area contributed by atoms with Gasteiger partial charge in [0.15, 0.2) is 0 Å². The largest absolute Gasteiger partial charge is 0.383 e. The molecule has 22 heavy (non-hydrogen) atoms. The van der Waals surface area contributed by atoms with Crippen molar-refractivity contribution in [2.75, 3.05) is 11.5 Å². The van der Waals surface area contributed by atoms with Crippen molar-refractivity contribution in [3.63, 3.8) is 0 Å². The zero-order valence-electron chi connectivity index (χ0n) is 11.5. The smallest absolute Gasteiger partial charge is 0.350 e. The van der Waals surface area contributed by atoms with Crippen molar-refractivity contribution in [3.8, 4) is 23.7 Å². The molecule has 2 aromatic rings. The summed E-state index contributed by atoms with van der Waals surface area (Å²) in [4.78, 5) is 30.0. The van der Waals surface area contributed by atoms with Crippen molar-refractivity contribution in [3.05, 3.63) is 45.5 Å². The minimum absolute atomic E-state index is 0.157. The standard InChI is InChI=1S/C14H12N6O2/c15-11-5-9-19(13(21)17-11)7-3-1-2-4-8-20-10-6-12(16)18-14(20)22/h5-6,9-10H,7-8H2,(H2,15,17,21)(H2,16,18,22). The van der Waals surface area contributed by atoms with Crippen LogP contribution in [0.5, 0.6) is 0 Å². The van der Waals surface area contributed by atoms with Crippen molar-refractivity contribution in [2.45, 2.75) is 13.1 Å². The van der Waals surface area contributed by atoms with Crippen LogP contribution in [0.1, 0.15) is 0 Å². The minimum atomic E-state index is -0.471. The Morgan fingerprint density at radius 3 is 1.64 bits per heavy atom. The van der Waals surface area contributed by atoms with E-state index in [1.165, 1.54) is 33.7 Å². The van der Waals surface area contributed by atoms with E-state index in [1.54, 1.807) is 0 Å². The summed E-state index contributed by atoms with van der Waals surface area (Å²) in [5.74, 6) is 10.9. The Morgan fingerprint density at radius 2 is 1.27 bits per heavy atom. The summed E-state index contributed by atoms with van der Waals surface area (Å²) in [6, 6.07) is 3.02. The number of hydrogen-bond donors (Lipinski definition) is 2. The Bertz CT molecular complexity index is 843. The van der Waals surface area contributed by atoms with E-state index in [0.717, 1.165) is 0 Å². The van der Waals surface area contributed by atoms with Crippen LogP contribution in [-0.4, -0.2) is 19.1 Å². The molecule has 2 aromatic heterocycles. The molecule has 0 bridgehead atoms. The van der Waals surface area contributed by atoms with E-state index in [4.69, 9.17) is 11.5 Å². The second-order valence-electron chi connectivity index (χ2n) is 4.13. The van der Waals surface area contributed by atoms with Gasteiger partial charge in [-0.25, -0.2) is 9.59 Å². The van der Waals surface area contributed by atoms with Gasteiger partial charge in [0.2, 0.25) is 0 Å². The van der Waals surface area contributed by atoms with Crippen LogP contribution < -0.4 is 22.8 Å². The summed E-state index contributed by atoms with van der Waals surface area (Å²) < 4.78 is 2.61. The Kier molecular flexibility index (Phi) is 4.58. The average Bonchev–Trinajstić information content (AvgIpc) is 2.46. The Labute approximate surface area is 125 Å². The third-order valence-electron chi connectivity index (χ3n) is 2.53. The normalized spacial score (nSPS) is 9.27. The first kappa shape index (κ1) is 14.9. The van der Waals surface area contributed by atoms with Gasteiger partial charge in [-0.15, -0.1) is 0 Å². The van der Waals surface area contributed by atoms with Gasteiger partial charge in [0, 0.05) is 12.4 Å². The molecule has 8 heteroatoms. The Morgan fingerprint density at radius 1 is 0.864 bits per heavy atom. The first-order valence-corrected chi connectivity index (χ1v) is 6.18. The first-order chi connectivity index (χ1) is 10.6. The van der Waals surface area contributed by atoms with Gasteiger partial charge in [0.1, 0.15) is 11.6 Å². The molecule has 0 spiro atoms. The molecular formula is C14H12N6O2. The molecule has 2 rings (SSSR count). The number of nitrogens with zero attached hydrogens (tertiary/aromatic N) is 4. The van der Waals surface area contributed by atoms with Crippen molar-refractivity contribution in [1.29, 1.82) is 0 Å². The lowest BCUT2D eigenvalue weighted by atomic mass is 10.5. The van der Waals surface area contributed by atoms with Crippen LogP contribution in [0.15, 0.2) is 34.1 Å². The first-order valence-electron chi connectivity index (χ1n) is 6.18. The lowest BCUT2D eigenvalue weighted by Crippen LogP contribution is -2.22. The van der Waals surface area contributed by atoms with Gasteiger partial charge in [0.05, 0.1) is 13.1 Å². The lowest BCUT2D eigenvalue weighted by Gasteiger charge is -1.98. The predicted octanol–water partition coefficient (Wildman–Crippen LogP) is -1.33. The second-order valence-corrected chi connectivity index (χ2v) is 4.13. The fourth-order valence-corrected chi connectivity index (χ4v) is 1.46. The van der Waals surface area contributed by atoms with Gasteiger partial charge in [-0.1, -0.05) is 11.8 Å². The van der Waals surface area contributed by atoms with Crippen LogP contribution in [-0.2, 0) is 13.1 Å². The molecule has 110 valence electrons. The lowest BCUT2D eigenvalue weighted by molar-refractivity contribution is 0.759. The minimum Gasteiger partial charge on any atom is -0.383 e. The summed E-state index contributed by atoms with van der Waals surface area (Å²) in [6.07, 6.45) is 3.01. The average molecular weight is 296 g/mol. The number of anilines is 2. The van der Waals surface area contributed by atoms with Crippen molar-refractivity contribution in [1.82, 2.24) is 19.1 Å². The SMILES string of the molecule is Nc1ccn(CC#CC#CCn2ccc(N)nc2=O)c(=O)n1. The van der Waals surface area contributed by atoms with Crippen molar-refractivity contribution in [2.24, 2.45) is 0 Å². The summed E-state index contributed by atoms with van der Waals surface area (Å²) in [7, 11) is 0. The molecule has 0 atom stereocenters. The van der Waals surface area contributed by atoms with E-state index >= 15 is 0 Å². The highest BCUT2D eigenvalue weighted by Gasteiger charge is 1.95. The molecular weight excluding hydrogens is 284 g/mol. The quantitative estimate of drug-likeness (QED) is 0.662. The van der Waals surface area contributed by atoms with E-state index in [-0.39, 0.29) is 24.7 Å². The summed E-state index contributed by atoms with van der Waals surface area (Å²) >= 11 is 0. The maximum Gasteiger partial charge on any atom is 0.350 e. The maximum atomic E-state index is 11.4. The Hall–Kier alpha value is -3.52. The number of nitrogen functional groups attached to an aromatic ring is 2. The van der Waals surface area contributed by atoms with E-state index in [1.807, 2.05) is 0 Å². The monoisotopic (exact) mass is 296 g/mol. The molecule has 0 radical (unpaired) electrons. The number of nitrogens with two attached hydrogens (primary N) is 2. The van der Waals surface area contributed by atoms with E-state index in [9.17, 15) is 9.59 Å². The topological polar surface area (TPSA) is 122 Å². The van der Waals surface area contributed by atoms with E-state index in [2.05, 4.69) is 33.6 Å². The van der Waals surface area contributed by atoms with Gasteiger partial charge in [-0.3, -0.25) is 9.13 Å². The molecule has 0 aliphatic rings. The molecule has 0 aliphatic heterocycles. The predicted molar refractivity (Wildman–Crippen MR) is 81.4 cm³/mol. The molecule has 8 nitrogen and oxygen atoms in total. The fraction of sp³-hybridized carbons (Fsp3) is 0.143. The molecule has 0 saturated carbocycles. The van der Waals surface area contributed by atoms with Crippen LogP contribution in [0.3, 0.4) is 0 Å². The highest BCUT2D eigenvalue weighted by molar-refractivity contribution is 5.27. The number of aromatic nitrogens is 4. The second kappa shape index (κ2) is 6.77. The molecule has 2 heterocycles. The van der Waals surface area contributed by atoms with Gasteiger partial charge in [-0.2, -0.15) is 9.97 Å². The zero-order chi connectivity index (χ0) is 15.9. The van der Waals surface area contributed by atoms with Gasteiger partial charge in [-0.05, 0) is 24.0 Å². The van der Waals surface area contributed by atoms with Crippen LogP contribution in [0.25, 0.3) is 0 Å². The molecule has 0 fully saturated rings. The number of rotatable bonds is 2. The molecule has 0 unspecified atom stereocenters. The Balaban J connectivity index is 1.97. The fourth-order valence-electron chi connectivity index (χ4n) is 1.46. The summed E-state index contributed by atoms with van der Waals surface area (Å²) in [6.45, 7) is 0.314. The molecule has 0 aliphatic carbocycles. The van der Waals surface area contributed by atoms with Crippen molar-refractivity contribution >= 4 is 11.6 Å². The van der Waals surface area contributed by atoms with E-state index < -0.39 is 11.4 Å². The van der Waals surface area contributed by atoms with E-state index in [0.29, 0.717) is 0 Å². The third kappa shape index (κ3) is 3.99. The molecule has 0 amide bonds. The zero-order valence-corrected chi connectivity index (χ0v) is 11.5. The summed E-state index contributed by atoms with van der Waals surface area (Å²) in [5, 5.41) is 0. The van der Waals surface area contributed by atoms with Crippen molar-refractivity contribution < 1.29 is 0 Å². The third-order valence-corrected chi connectivity index (χ3v) is 2.53. The van der Waals surface area contributed by atoms with Crippen LogP contribution >= 0.6 is 0 Å². The van der Waals surface area contributed by atoms with Gasteiger partial charge < -0.3 is 11.5 Å². The molecule has 0 saturated heterocycles. The summed E-state index contributed by atoms with van der Waals surface area (Å²) in [5.41, 5.74) is 9.81. The molecule has 0 aromatic carbocycles. The molecule has 4 N–H and O–H groups in total. The van der Waals surface area contributed by atoms with Crippen LogP contribution in [0, 0.1) is 23.7 Å². The maximum absolute atomic E-state index is 11.4. The highest BCUT2D eigenvalue weighted by Crippen LogP contribution is 1.89. The van der Waals surface area contributed by atoms with Crippen LogP contribution in [0.4, 0.5) is 11.6 Å².